The van der Waals surface area contributed by atoms with E-state index in [1.165, 1.54) is 5.57 Å². The van der Waals surface area contributed by atoms with E-state index in [4.69, 9.17) is 0 Å². The summed E-state index contributed by atoms with van der Waals surface area (Å²) >= 11 is 0. The van der Waals surface area contributed by atoms with Crippen molar-refractivity contribution < 1.29 is 4.79 Å². The number of nitrogens with zero attached hydrogens (tertiary/aromatic N) is 1. The lowest BCUT2D eigenvalue weighted by atomic mass is 9.85. The summed E-state index contributed by atoms with van der Waals surface area (Å²) in [4.78, 5) is 39.4. The number of carbonyl (C=O) groups excluding carboxylic acids is 1. The quantitative estimate of drug-likeness (QED) is 0.654. The number of H-pyrrole nitrogens is 2. The number of hydrogen-bond donors (Lipinski definition) is 2. The maximum absolute atomic E-state index is 11.7. The van der Waals surface area contributed by atoms with Gasteiger partial charge < -0.3 is 14.5 Å². The van der Waals surface area contributed by atoms with Gasteiger partial charge in [0.1, 0.15) is 0 Å². The van der Waals surface area contributed by atoms with E-state index in [0.717, 1.165) is 54.6 Å². The highest BCUT2D eigenvalue weighted by Crippen LogP contribution is 2.38. The SMILES string of the molecule is O=Cc1ccn(C2=CC3=C(CC2)CCc2[nH]c(=O)c(=O)[nH]c23)c1. The van der Waals surface area contributed by atoms with Crippen LogP contribution in [0.15, 0.2) is 39.7 Å². The summed E-state index contributed by atoms with van der Waals surface area (Å²) in [6.07, 6.45) is 9.94. The number of carbonyl (C=O) groups is 1. The molecule has 2 aliphatic carbocycles. The Morgan fingerprint density at radius 3 is 2.61 bits per heavy atom. The van der Waals surface area contributed by atoms with E-state index in [1.54, 1.807) is 12.3 Å². The lowest BCUT2D eigenvalue weighted by Gasteiger charge is -2.26. The number of aryl methyl sites for hydroxylation is 1. The Kier molecular flexibility index (Phi) is 3.04. The normalized spacial score (nSPS) is 16.6. The molecule has 2 aromatic heterocycles. The van der Waals surface area contributed by atoms with Crippen LogP contribution in [0, 0.1) is 0 Å². The number of allylic oxidation sites excluding steroid dienone is 4. The molecule has 116 valence electrons. The van der Waals surface area contributed by atoms with Gasteiger partial charge in [-0.3, -0.25) is 14.4 Å². The van der Waals surface area contributed by atoms with Crippen LogP contribution in [0.2, 0.25) is 0 Å². The molecule has 0 bridgehead atoms. The molecular weight excluding hydrogens is 294 g/mol. The summed E-state index contributed by atoms with van der Waals surface area (Å²) in [5.74, 6) is 0. The minimum atomic E-state index is -0.623. The second-order valence-electron chi connectivity index (χ2n) is 5.88. The molecule has 0 unspecified atom stereocenters. The summed E-state index contributed by atoms with van der Waals surface area (Å²) in [5, 5.41) is 0. The molecule has 0 atom stereocenters. The first-order chi connectivity index (χ1) is 11.2. The highest BCUT2D eigenvalue weighted by Gasteiger charge is 2.23. The minimum absolute atomic E-state index is 0.603. The fourth-order valence-electron chi connectivity index (χ4n) is 3.32. The molecule has 0 radical (unpaired) electrons. The Balaban J connectivity index is 1.84. The van der Waals surface area contributed by atoms with Crippen molar-refractivity contribution in [2.75, 3.05) is 0 Å². The summed E-state index contributed by atoms with van der Waals surface area (Å²) in [5.41, 5.74) is 4.26. The van der Waals surface area contributed by atoms with Crippen LogP contribution in [0.1, 0.15) is 41.0 Å². The van der Waals surface area contributed by atoms with E-state index in [0.29, 0.717) is 5.56 Å². The van der Waals surface area contributed by atoms with Crippen molar-refractivity contribution in [3.63, 3.8) is 0 Å². The third-order valence-corrected chi connectivity index (χ3v) is 4.52. The Bertz CT molecular complexity index is 985. The number of aldehydes is 1. The molecule has 0 saturated heterocycles. The molecule has 6 heteroatoms. The van der Waals surface area contributed by atoms with Gasteiger partial charge in [0.2, 0.25) is 0 Å². The first kappa shape index (κ1) is 13.8. The summed E-state index contributed by atoms with van der Waals surface area (Å²) in [6, 6.07) is 1.77. The first-order valence-electron chi connectivity index (χ1n) is 7.57. The van der Waals surface area contributed by atoms with Crippen LogP contribution in [0.3, 0.4) is 0 Å². The van der Waals surface area contributed by atoms with Gasteiger partial charge in [0.05, 0.1) is 5.69 Å². The largest absolute Gasteiger partial charge is 0.327 e. The van der Waals surface area contributed by atoms with Crippen molar-refractivity contribution in [2.24, 2.45) is 0 Å². The molecule has 2 N–H and O–H groups in total. The molecule has 2 aliphatic rings. The van der Waals surface area contributed by atoms with E-state index < -0.39 is 11.1 Å². The van der Waals surface area contributed by atoms with E-state index in [1.807, 2.05) is 16.8 Å². The van der Waals surface area contributed by atoms with Gasteiger partial charge in [0, 0.05) is 34.9 Å². The van der Waals surface area contributed by atoms with Crippen molar-refractivity contribution in [1.82, 2.24) is 14.5 Å². The number of aromatic nitrogens is 3. The number of rotatable bonds is 2. The van der Waals surface area contributed by atoms with Crippen molar-refractivity contribution in [3.8, 4) is 0 Å². The Labute approximate surface area is 131 Å². The Morgan fingerprint density at radius 1 is 1.04 bits per heavy atom. The molecule has 2 aromatic rings. The maximum atomic E-state index is 11.7. The van der Waals surface area contributed by atoms with Gasteiger partial charge >= 0.3 is 11.1 Å². The predicted octanol–water partition coefficient (Wildman–Crippen LogP) is 1.71. The third kappa shape index (κ3) is 2.23. The summed E-state index contributed by atoms with van der Waals surface area (Å²) < 4.78 is 1.94. The molecule has 0 aliphatic heterocycles. The molecule has 0 fully saturated rings. The van der Waals surface area contributed by atoms with E-state index in [2.05, 4.69) is 9.97 Å². The highest BCUT2D eigenvalue weighted by atomic mass is 16.2. The van der Waals surface area contributed by atoms with Crippen molar-refractivity contribution in [1.29, 1.82) is 0 Å². The fraction of sp³-hybridized carbons (Fsp3) is 0.235. The van der Waals surface area contributed by atoms with Gasteiger partial charge in [-0.15, -0.1) is 0 Å². The number of aromatic amines is 2. The van der Waals surface area contributed by atoms with Gasteiger partial charge in [-0.1, -0.05) is 5.57 Å². The van der Waals surface area contributed by atoms with Crippen molar-refractivity contribution in [2.45, 2.75) is 25.7 Å². The predicted molar refractivity (Wildman–Crippen MR) is 86.3 cm³/mol. The van der Waals surface area contributed by atoms with Gasteiger partial charge in [-0.05, 0) is 37.8 Å². The van der Waals surface area contributed by atoms with Gasteiger partial charge in [-0.2, -0.15) is 0 Å². The van der Waals surface area contributed by atoms with Crippen LogP contribution in [0.4, 0.5) is 0 Å². The van der Waals surface area contributed by atoms with Crippen molar-refractivity contribution >= 4 is 17.6 Å². The standard InChI is InChI=1S/C17H15N3O3/c21-9-10-5-6-20(8-10)12-3-1-11-2-4-14-15(13(11)7-12)19-17(23)16(22)18-14/h5-9H,1-4H2,(H,18,22)(H,19,23). The molecule has 0 saturated carbocycles. The summed E-state index contributed by atoms with van der Waals surface area (Å²) in [6.45, 7) is 0. The molecule has 6 nitrogen and oxygen atoms in total. The average Bonchev–Trinajstić information content (AvgIpc) is 3.05. The molecule has 0 amide bonds. The number of fused-ring (bicyclic) bond motifs is 2. The second-order valence-corrected chi connectivity index (χ2v) is 5.88. The Morgan fingerprint density at radius 2 is 1.83 bits per heavy atom. The summed E-state index contributed by atoms with van der Waals surface area (Å²) in [7, 11) is 0. The molecule has 4 rings (SSSR count). The molecule has 0 aromatic carbocycles. The third-order valence-electron chi connectivity index (χ3n) is 4.52. The van der Waals surface area contributed by atoms with Crippen LogP contribution < -0.4 is 11.1 Å². The lowest BCUT2D eigenvalue weighted by molar-refractivity contribution is 0.112. The smallest absolute Gasteiger partial charge is 0.314 e. The zero-order chi connectivity index (χ0) is 16.0. The Hall–Kier alpha value is -2.89. The van der Waals surface area contributed by atoms with Crippen LogP contribution >= 0.6 is 0 Å². The maximum Gasteiger partial charge on any atom is 0.314 e. The fourth-order valence-corrected chi connectivity index (χ4v) is 3.32. The van der Waals surface area contributed by atoms with Crippen LogP contribution in [-0.4, -0.2) is 20.8 Å². The minimum Gasteiger partial charge on any atom is -0.327 e. The van der Waals surface area contributed by atoms with Gasteiger partial charge in [0.25, 0.3) is 0 Å². The average molecular weight is 309 g/mol. The van der Waals surface area contributed by atoms with Crippen molar-refractivity contribution in [3.05, 3.63) is 67.8 Å². The van der Waals surface area contributed by atoms with Crippen LogP contribution in [0.25, 0.3) is 11.3 Å². The highest BCUT2D eigenvalue weighted by molar-refractivity contribution is 5.84. The lowest BCUT2D eigenvalue weighted by Crippen LogP contribution is -2.33. The number of nitrogens with one attached hydrogen (secondary N) is 2. The topological polar surface area (TPSA) is 87.7 Å². The second kappa shape index (κ2) is 5.08. The first-order valence-corrected chi connectivity index (χ1v) is 7.57. The van der Waals surface area contributed by atoms with E-state index in [-0.39, 0.29) is 0 Å². The zero-order valence-corrected chi connectivity index (χ0v) is 12.4. The van der Waals surface area contributed by atoms with Crippen LogP contribution in [0.5, 0.6) is 0 Å². The van der Waals surface area contributed by atoms with Gasteiger partial charge in [-0.25, -0.2) is 0 Å². The molecule has 2 heterocycles. The monoisotopic (exact) mass is 309 g/mol. The molecular formula is C17H15N3O3. The van der Waals surface area contributed by atoms with E-state index in [9.17, 15) is 14.4 Å². The zero-order valence-electron chi connectivity index (χ0n) is 12.4. The van der Waals surface area contributed by atoms with Gasteiger partial charge in [0.15, 0.2) is 6.29 Å². The molecule has 23 heavy (non-hydrogen) atoms. The van der Waals surface area contributed by atoms with E-state index >= 15 is 0 Å². The molecule has 0 spiro atoms. The van der Waals surface area contributed by atoms with Crippen LogP contribution in [-0.2, 0) is 6.42 Å². The number of hydrogen-bond acceptors (Lipinski definition) is 3.